The summed E-state index contributed by atoms with van der Waals surface area (Å²) < 4.78 is 9.09. The van der Waals surface area contributed by atoms with Crippen LogP contribution in [-0.2, 0) is 9.53 Å². The molecule has 39 heavy (non-hydrogen) atoms. The summed E-state index contributed by atoms with van der Waals surface area (Å²) in [5.41, 5.74) is 3.40. The highest BCUT2D eigenvalue weighted by Crippen LogP contribution is 2.34. The molecular weight excluding hydrogens is 494 g/mol. The van der Waals surface area contributed by atoms with E-state index in [1.807, 2.05) is 59.3 Å². The molecule has 202 valence electrons. The van der Waals surface area contributed by atoms with Crippen LogP contribution in [-0.4, -0.2) is 55.4 Å². The lowest BCUT2D eigenvalue weighted by molar-refractivity contribution is -0.124. The Morgan fingerprint density at radius 1 is 0.974 bits per heavy atom. The van der Waals surface area contributed by atoms with Gasteiger partial charge < -0.3 is 14.2 Å². The third-order valence-electron chi connectivity index (χ3n) is 8.10. The number of nitrogens with zero attached hydrogens (tertiary/aromatic N) is 5. The van der Waals surface area contributed by atoms with Gasteiger partial charge in [0.05, 0.1) is 11.4 Å². The van der Waals surface area contributed by atoms with Gasteiger partial charge in [-0.2, -0.15) is 0 Å². The van der Waals surface area contributed by atoms with Crippen LogP contribution in [0.15, 0.2) is 61.1 Å². The number of rotatable bonds is 6. The van der Waals surface area contributed by atoms with Crippen LogP contribution in [0.2, 0.25) is 0 Å². The quantitative estimate of drug-likeness (QED) is 0.369. The number of hydrogen-bond acceptors (Lipinski definition) is 5. The molecule has 0 radical (unpaired) electrons. The Morgan fingerprint density at radius 3 is 2.41 bits per heavy atom. The van der Waals surface area contributed by atoms with Gasteiger partial charge in [0.15, 0.2) is 5.82 Å². The minimum absolute atomic E-state index is 0.0104. The van der Waals surface area contributed by atoms with Crippen molar-refractivity contribution in [2.75, 3.05) is 18.1 Å². The minimum Gasteiger partial charge on any atom is -0.477 e. The van der Waals surface area contributed by atoms with Gasteiger partial charge in [0.2, 0.25) is 5.91 Å². The van der Waals surface area contributed by atoms with Crippen molar-refractivity contribution in [2.24, 2.45) is 11.8 Å². The Hall–Kier alpha value is -3.98. The molecule has 6 rings (SSSR count). The highest BCUT2D eigenvalue weighted by atomic mass is 16.5. The molecule has 0 unspecified atom stereocenters. The van der Waals surface area contributed by atoms with Crippen molar-refractivity contribution in [3.05, 3.63) is 66.6 Å². The number of carbonyl (C=O) groups excluding carboxylic acids is 1. The standard InChI is InChI=1S/C30H33N5O4/c1-20-5-7-22(8-6-20)29(36)35(24-13-16-39-17-14-24)28-25(30(37)38)18-34(32-28)23-11-9-21(10-12-23)26-19-33-15-3-2-4-27(33)31-26/h2-4,9-12,15,18-20,22,24H,5-8,13-14,16-17H2,1H3,(H,37,38)/t20-,22-. The lowest BCUT2D eigenvalue weighted by Gasteiger charge is -2.37. The fourth-order valence-corrected chi connectivity index (χ4v) is 5.79. The number of amides is 1. The molecule has 2 aliphatic rings. The van der Waals surface area contributed by atoms with Gasteiger partial charge in [-0.25, -0.2) is 14.5 Å². The molecule has 1 aromatic carbocycles. The van der Waals surface area contributed by atoms with Crippen LogP contribution in [0.1, 0.15) is 55.8 Å². The molecule has 1 aliphatic carbocycles. The largest absolute Gasteiger partial charge is 0.477 e. The van der Waals surface area contributed by atoms with Crippen LogP contribution in [0.5, 0.6) is 0 Å². The number of carboxylic acids is 1. The van der Waals surface area contributed by atoms with Crippen LogP contribution in [0.3, 0.4) is 0 Å². The third-order valence-corrected chi connectivity index (χ3v) is 8.10. The third kappa shape index (κ3) is 5.06. The maximum Gasteiger partial charge on any atom is 0.341 e. The Morgan fingerprint density at radius 2 is 1.72 bits per heavy atom. The molecule has 1 N–H and O–H groups in total. The summed E-state index contributed by atoms with van der Waals surface area (Å²) in [6.45, 7) is 3.31. The van der Waals surface area contributed by atoms with E-state index in [4.69, 9.17) is 9.84 Å². The number of anilines is 1. The molecule has 0 spiro atoms. The van der Waals surface area contributed by atoms with E-state index in [0.717, 1.165) is 42.6 Å². The van der Waals surface area contributed by atoms with Crippen molar-refractivity contribution in [3.8, 4) is 16.9 Å². The normalized spacial score (nSPS) is 20.2. The summed E-state index contributed by atoms with van der Waals surface area (Å²) in [6, 6.07) is 13.4. The van der Waals surface area contributed by atoms with Crippen molar-refractivity contribution in [1.82, 2.24) is 19.2 Å². The fraction of sp³-hybridized carbons (Fsp3) is 0.400. The number of carbonyl (C=O) groups is 2. The van der Waals surface area contributed by atoms with E-state index in [-0.39, 0.29) is 29.2 Å². The Labute approximate surface area is 227 Å². The first-order valence-corrected chi connectivity index (χ1v) is 13.8. The van der Waals surface area contributed by atoms with Crippen molar-refractivity contribution < 1.29 is 19.4 Å². The van der Waals surface area contributed by atoms with Gasteiger partial charge in [-0.1, -0.05) is 25.1 Å². The molecule has 4 heterocycles. The first-order chi connectivity index (χ1) is 19.0. The van der Waals surface area contributed by atoms with Crippen molar-refractivity contribution in [3.63, 3.8) is 0 Å². The van der Waals surface area contributed by atoms with E-state index >= 15 is 0 Å². The molecule has 1 saturated carbocycles. The fourth-order valence-electron chi connectivity index (χ4n) is 5.79. The van der Waals surface area contributed by atoms with Gasteiger partial charge in [-0.05, 0) is 68.7 Å². The summed E-state index contributed by atoms with van der Waals surface area (Å²) in [5, 5.41) is 14.9. The van der Waals surface area contributed by atoms with Crippen LogP contribution >= 0.6 is 0 Å². The van der Waals surface area contributed by atoms with Gasteiger partial charge in [0.25, 0.3) is 0 Å². The molecule has 3 aromatic heterocycles. The van der Waals surface area contributed by atoms with Crippen LogP contribution in [0.25, 0.3) is 22.6 Å². The molecule has 1 amide bonds. The zero-order chi connectivity index (χ0) is 26.9. The summed E-state index contributed by atoms with van der Waals surface area (Å²) >= 11 is 0. The lowest BCUT2D eigenvalue weighted by Crippen LogP contribution is -2.47. The molecule has 0 bridgehead atoms. The first-order valence-electron chi connectivity index (χ1n) is 13.8. The number of ether oxygens (including phenoxy) is 1. The molecule has 4 aromatic rings. The topological polar surface area (TPSA) is 102 Å². The number of pyridine rings is 1. The molecular formula is C30H33N5O4. The maximum atomic E-state index is 13.9. The van der Waals surface area contributed by atoms with Gasteiger partial charge in [-0.15, -0.1) is 5.10 Å². The van der Waals surface area contributed by atoms with Crippen molar-refractivity contribution in [1.29, 1.82) is 0 Å². The molecule has 9 heteroatoms. The Kier molecular flexibility index (Phi) is 6.91. The van der Waals surface area contributed by atoms with Crippen LogP contribution < -0.4 is 4.90 Å². The zero-order valence-corrected chi connectivity index (χ0v) is 22.1. The number of carboxylic acid groups (broad SMARTS) is 1. The Balaban J connectivity index is 1.34. The predicted octanol–water partition coefficient (Wildman–Crippen LogP) is 5.22. The van der Waals surface area contributed by atoms with E-state index < -0.39 is 5.97 Å². The SMILES string of the molecule is C[C@H]1CC[C@H](C(=O)N(c2nn(-c3ccc(-c4cn5ccccc5n4)cc3)cc2C(=O)O)C2CCOCC2)CC1. The van der Waals surface area contributed by atoms with Gasteiger partial charge in [0.1, 0.15) is 11.2 Å². The van der Waals surface area contributed by atoms with Gasteiger partial charge in [0, 0.05) is 49.3 Å². The molecule has 0 atom stereocenters. The van der Waals surface area contributed by atoms with E-state index in [1.54, 1.807) is 9.58 Å². The van der Waals surface area contributed by atoms with Crippen LogP contribution in [0, 0.1) is 11.8 Å². The minimum atomic E-state index is -1.10. The molecule has 1 saturated heterocycles. The monoisotopic (exact) mass is 527 g/mol. The highest BCUT2D eigenvalue weighted by Gasteiger charge is 2.37. The van der Waals surface area contributed by atoms with E-state index in [0.29, 0.717) is 37.7 Å². The first kappa shape index (κ1) is 25.3. The number of benzene rings is 1. The van der Waals surface area contributed by atoms with Gasteiger partial charge in [-0.3, -0.25) is 9.69 Å². The number of imidazole rings is 1. The second-order valence-electron chi connectivity index (χ2n) is 10.8. The van der Waals surface area contributed by atoms with Crippen molar-refractivity contribution in [2.45, 2.75) is 51.5 Å². The van der Waals surface area contributed by atoms with E-state index in [9.17, 15) is 14.7 Å². The zero-order valence-electron chi connectivity index (χ0n) is 22.1. The second-order valence-corrected chi connectivity index (χ2v) is 10.8. The number of hydrogen-bond donors (Lipinski definition) is 1. The van der Waals surface area contributed by atoms with Gasteiger partial charge >= 0.3 is 5.97 Å². The van der Waals surface area contributed by atoms with E-state index in [2.05, 4.69) is 11.9 Å². The summed E-state index contributed by atoms with van der Waals surface area (Å²) in [5.74, 6) is -0.380. The maximum absolute atomic E-state index is 13.9. The summed E-state index contributed by atoms with van der Waals surface area (Å²) in [6.07, 6.45) is 10.4. The molecule has 9 nitrogen and oxygen atoms in total. The molecule has 1 aliphatic heterocycles. The second kappa shape index (κ2) is 10.6. The number of aromatic nitrogens is 4. The summed E-state index contributed by atoms with van der Waals surface area (Å²) in [4.78, 5) is 32.7. The predicted molar refractivity (Wildman–Crippen MR) is 147 cm³/mol. The average molecular weight is 528 g/mol. The lowest BCUT2D eigenvalue weighted by atomic mass is 9.82. The average Bonchev–Trinajstić information content (AvgIpc) is 3.60. The summed E-state index contributed by atoms with van der Waals surface area (Å²) in [7, 11) is 0. The number of fused-ring (bicyclic) bond motifs is 1. The van der Waals surface area contributed by atoms with E-state index in [1.165, 1.54) is 6.20 Å². The Bertz CT molecular complexity index is 1440. The highest BCUT2D eigenvalue weighted by molar-refractivity contribution is 6.02. The van der Waals surface area contributed by atoms with Crippen molar-refractivity contribution >= 4 is 23.3 Å². The molecule has 2 fully saturated rings. The number of aromatic carboxylic acids is 1. The smallest absolute Gasteiger partial charge is 0.341 e. The van der Waals surface area contributed by atoms with Crippen LogP contribution in [0.4, 0.5) is 5.82 Å².